The van der Waals surface area contributed by atoms with E-state index in [0.717, 1.165) is 22.0 Å². The van der Waals surface area contributed by atoms with E-state index in [0.29, 0.717) is 10.6 Å². The summed E-state index contributed by atoms with van der Waals surface area (Å²) < 4.78 is 42.6. The van der Waals surface area contributed by atoms with Gasteiger partial charge in [0.2, 0.25) is 11.8 Å². The fraction of sp³-hybridized carbons (Fsp3) is 0.212. The second-order valence-corrected chi connectivity index (χ2v) is 13.1. The predicted octanol–water partition coefficient (Wildman–Crippen LogP) is 6.49. The van der Waals surface area contributed by atoms with Crippen LogP contribution >= 0.6 is 23.2 Å². The van der Waals surface area contributed by atoms with Crippen molar-refractivity contribution in [2.45, 2.75) is 43.8 Å². The summed E-state index contributed by atoms with van der Waals surface area (Å²) in [4.78, 5) is 29.4. The number of hydrogen-bond acceptors (Lipinski definition) is 4. The molecule has 0 radical (unpaired) electrons. The first-order chi connectivity index (χ1) is 21.0. The molecule has 44 heavy (non-hydrogen) atoms. The van der Waals surface area contributed by atoms with Gasteiger partial charge in [-0.3, -0.25) is 13.9 Å². The lowest BCUT2D eigenvalue weighted by Crippen LogP contribution is -2.54. The zero-order valence-corrected chi connectivity index (χ0v) is 26.5. The van der Waals surface area contributed by atoms with E-state index in [2.05, 4.69) is 5.32 Å². The summed E-state index contributed by atoms with van der Waals surface area (Å²) in [5, 5.41) is 3.57. The van der Waals surface area contributed by atoms with Crippen LogP contribution in [0.15, 0.2) is 108 Å². The summed E-state index contributed by atoms with van der Waals surface area (Å²) in [7, 11) is -4.29. The van der Waals surface area contributed by atoms with Crippen LogP contribution < -0.4 is 9.62 Å². The van der Waals surface area contributed by atoms with Crippen molar-refractivity contribution in [2.75, 3.05) is 10.8 Å². The number of sulfonamides is 1. The highest BCUT2D eigenvalue weighted by molar-refractivity contribution is 7.92. The van der Waals surface area contributed by atoms with E-state index in [1.54, 1.807) is 30.3 Å². The molecule has 0 aromatic heterocycles. The molecule has 0 saturated carbocycles. The van der Waals surface area contributed by atoms with Gasteiger partial charge in [-0.2, -0.15) is 0 Å². The Morgan fingerprint density at radius 3 is 2.07 bits per heavy atom. The Morgan fingerprint density at radius 1 is 0.864 bits per heavy atom. The summed E-state index contributed by atoms with van der Waals surface area (Å²) in [6.45, 7) is 2.83. The van der Waals surface area contributed by atoms with Gasteiger partial charge in [-0.1, -0.05) is 77.8 Å². The Morgan fingerprint density at radius 2 is 1.48 bits per heavy atom. The summed E-state index contributed by atoms with van der Waals surface area (Å²) in [6, 6.07) is 25.2. The third-order valence-corrected chi connectivity index (χ3v) is 9.16. The number of carbonyl (C=O) groups is 2. The lowest BCUT2D eigenvalue weighted by atomic mass is 10.0. The van der Waals surface area contributed by atoms with Gasteiger partial charge in [0.05, 0.1) is 10.6 Å². The SMILES string of the molecule is CC(C)NC(=O)[C@H](Cc1ccccc1)N(Cc1ccc(Cl)cc1Cl)C(=O)CN(c1ccc(F)cc1)S(=O)(=O)c1ccccc1. The van der Waals surface area contributed by atoms with E-state index >= 15 is 0 Å². The van der Waals surface area contributed by atoms with E-state index in [1.165, 1.54) is 35.2 Å². The zero-order chi connectivity index (χ0) is 31.9. The third-order valence-electron chi connectivity index (χ3n) is 6.78. The van der Waals surface area contributed by atoms with Gasteiger partial charge in [-0.05, 0) is 73.5 Å². The third kappa shape index (κ3) is 8.37. The van der Waals surface area contributed by atoms with Crippen LogP contribution in [0.3, 0.4) is 0 Å². The highest BCUT2D eigenvalue weighted by Gasteiger charge is 2.35. The topological polar surface area (TPSA) is 86.8 Å². The Balaban J connectivity index is 1.81. The van der Waals surface area contributed by atoms with Crippen molar-refractivity contribution in [2.24, 2.45) is 0 Å². The number of halogens is 3. The molecule has 1 N–H and O–H groups in total. The molecular weight excluding hydrogens is 624 g/mol. The van der Waals surface area contributed by atoms with Gasteiger partial charge in [0.25, 0.3) is 10.0 Å². The van der Waals surface area contributed by atoms with Crippen LogP contribution in [0.4, 0.5) is 10.1 Å². The molecule has 4 aromatic carbocycles. The summed E-state index contributed by atoms with van der Waals surface area (Å²) >= 11 is 12.6. The van der Waals surface area contributed by atoms with Gasteiger partial charge in [-0.25, -0.2) is 12.8 Å². The maximum absolute atomic E-state index is 14.4. The van der Waals surface area contributed by atoms with Crippen LogP contribution in [0.25, 0.3) is 0 Å². The Hall–Kier alpha value is -3.92. The second kappa shape index (κ2) is 14.7. The van der Waals surface area contributed by atoms with Crippen molar-refractivity contribution < 1.29 is 22.4 Å². The standard InChI is InChI=1S/C33H32Cl2FN3O4S/c1-23(2)37-33(41)31(19-24-9-5-3-6-10-24)38(21-25-13-14-26(34)20-30(25)35)32(40)22-39(28-17-15-27(36)16-18-28)44(42,43)29-11-7-4-8-12-29/h3-18,20,23,31H,19,21-22H2,1-2H3,(H,37,41)/t31-/m0/s1. The first kappa shape index (κ1) is 33.0. The van der Waals surface area contributed by atoms with E-state index in [4.69, 9.17) is 23.2 Å². The highest BCUT2D eigenvalue weighted by Crippen LogP contribution is 2.27. The van der Waals surface area contributed by atoms with Gasteiger partial charge >= 0.3 is 0 Å². The smallest absolute Gasteiger partial charge is 0.264 e. The maximum atomic E-state index is 14.4. The van der Waals surface area contributed by atoms with Crippen LogP contribution in [0.1, 0.15) is 25.0 Å². The van der Waals surface area contributed by atoms with E-state index in [-0.39, 0.29) is 34.6 Å². The molecule has 4 aromatic rings. The minimum Gasteiger partial charge on any atom is -0.352 e. The van der Waals surface area contributed by atoms with Crippen molar-refractivity contribution in [1.82, 2.24) is 10.2 Å². The summed E-state index contributed by atoms with van der Waals surface area (Å²) in [5.41, 5.74) is 1.39. The van der Waals surface area contributed by atoms with E-state index < -0.39 is 40.2 Å². The molecule has 4 rings (SSSR count). The molecule has 0 saturated heterocycles. The minimum atomic E-state index is -4.29. The average molecular weight is 657 g/mol. The second-order valence-electron chi connectivity index (χ2n) is 10.4. The van der Waals surface area contributed by atoms with Crippen molar-refractivity contribution in [3.05, 3.63) is 130 Å². The number of rotatable bonds is 12. The van der Waals surface area contributed by atoms with Crippen LogP contribution in [0.2, 0.25) is 10.0 Å². The molecule has 0 unspecified atom stereocenters. The predicted molar refractivity (Wildman–Crippen MR) is 172 cm³/mol. The molecule has 0 spiro atoms. The first-order valence-electron chi connectivity index (χ1n) is 13.9. The molecule has 0 aliphatic rings. The average Bonchev–Trinajstić information content (AvgIpc) is 2.99. The molecule has 0 aliphatic carbocycles. The molecule has 0 fully saturated rings. The van der Waals surface area contributed by atoms with Crippen molar-refractivity contribution in [3.63, 3.8) is 0 Å². The molecule has 230 valence electrons. The van der Waals surface area contributed by atoms with Crippen LogP contribution in [-0.4, -0.2) is 43.8 Å². The Bertz CT molecular complexity index is 1690. The summed E-state index contributed by atoms with van der Waals surface area (Å²) in [6.07, 6.45) is 0.151. The van der Waals surface area contributed by atoms with Crippen molar-refractivity contribution in [3.8, 4) is 0 Å². The van der Waals surface area contributed by atoms with Gasteiger partial charge in [0, 0.05) is 29.1 Å². The molecule has 11 heteroatoms. The number of carbonyl (C=O) groups excluding carboxylic acids is 2. The zero-order valence-electron chi connectivity index (χ0n) is 24.2. The highest BCUT2D eigenvalue weighted by atomic mass is 35.5. The number of amides is 2. The number of hydrogen-bond donors (Lipinski definition) is 1. The molecule has 0 bridgehead atoms. The normalized spacial score (nSPS) is 12.0. The number of nitrogens with one attached hydrogen (secondary N) is 1. The molecular formula is C33H32Cl2FN3O4S. The first-order valence-corrected chi connectivity index (χ1v) is 16.1. The van der Waals surface area contributed by atoms with Gasteiger partial charge < -0.3 is 10.2 Å². The minimum absolute atomic E-state index is 0.0530. The molecule has 0 heterocycles. The van der Waals surface area contributed by atoms with Crippen molar-refractivity contribution >= 4 is 50.7 Å². The number of anilines is 1. The molecule has 1 atom stereocenters. The Labute approximate surface area is 267 Å². The Kier molecular flexibility index (Phi) is 11.0. The monoisotopic (exact) mass is 655 g/mol. The van der Waals surface area contributed by atoms with Crippen LogP contribution in [0, 0.1) is 5.82 Å². The lowest BCUT2D eigenvalue weighted by molar-refractivity contribution is -0.140. The molecule has 2 amide bonds. The van der Waals surface area contributed by atoms with Gasteiger partial charge in [0.1, 0.15) is 18.4 Å². The lowest BCUT2D eigenvalue weighted by Gasteiger charge is -2.34. The van der Waals surface area contributed by atoms with Crippen LogP contribution in [0.5, 0.6) is 0 Å². The number of nitrogens with zero attached hydrogens (tertiary/aromatic N) is 2. The maximum Gasteiger partial charge on any atom is 0.264 e. The fourth-order valence-electron chi connectivity index (χ4n) is 4.62. The largest absolute Gasteiger partial charge is 0.352 e. The quantitative estimate of drug-likeness (QED) is 0.189. The fourth-order valence-corrected chi connectivity index (χ4v) is 6.53. The van der Waals surface area contributed by atoms with Gasteiger partial charge in [-0.15, -0.1) is 0 Å². The van der Waals surface area contributed by atoms with Crippen LogP contribution in [-0.2, 0) is 32.6 Å². The summed E-state index contributed by atoms with van der Waals surface area (Å²) in [5.74, 6) is -1.65. The molecule has 7 nitrogen and oxygen atoms in total. The van der Waals surface area contributed by atoms with Crippen molar-refractivity contribution in [1.29, 1.82) is 0 Å². The number of benzene rings is 4. The van der Waals surface area contributed by atoms with E-state index in [9.17, 15) is 22.4 Å². The van der Waals surface area contributed by atoms with E-state index in [1.807, 2.05) is 44.2 Å². The molecule has 0 aliphatic heterocycles. The van der Waals surface area contributed by atoms with Gasteiger partial charge in [0.15, 0.2) is 0 Å².